The normalized spacial score (nSPS) is 18.9. The van der Waals surface area contributed by atoms with E-state index in [1.54, 1.807) is 13.8 Å². The molecule has 0 saturated heterocycles. The van der Waals surface area contributed by atoms with Crippen molar-refractivity contribution < 1.29 is 28.8 Å². The van der Waals surface area contributed by atoms with Crippen LogP contribution in [0.4, 0.5) is 0 Å². The Labute approximate surface area is 217 Å². The van der Waals surface area contributed by atoms with Gasteiger partial charge >= 0.3 is 0 Å². The average Bonchev–Trinajstić information content (AvgIpc) is 3.09. The molecule has 1 saturated carbocycles. The summed E-state index contributed by atoms with van der Waals surface area (Å²) in [5.74, 6) is -2.55. The molecule has 4 unspecified atom stereocenters. The van der Waals surface area contributed by atoms with E-state index in [9.17, 15) is 28.8 Å². The summed E-state index contributed by atoms with van der Waals surface area (Å²) in [6, 6.07) is -1.47. The number of amides is 4. The Morgan fingerprint density at radius 3 is 2.19 bits per heavy atom. The standard InChI is InChI=1S/C24H41N5O6S/c1-5-26-23(34)17(9-7-8-12-25-4)29-21(32)11-10-16-19(31)13-20(22(16)33)36-14-18(28-15(3)30)24(35)27-6-2/h16-18,20,25H,5-14H2,1-4H3,(H,26,34)(H,27,35)(H,28,30)(H,29,32). The molecule has 0 aromatic rings. The topological polar surface area (TPSA) is 163 Å². The van der Waals surface area contributed by atoms with Gasteiger partial charge in [-0.3, -0.25) is 28.8 Å². The maximum absolute atomic E-state index is 12.8. The molecule has 0 aromatic carbocycles. The fourth-order valence-corrected chi connectivity index (χ4v) is 5.22. The highest BCUT2D eigenvalue weighted by molar-refractivity contribution is 8.00. The first kappa shape index (κ1) is 31.6. The Kier molecular flexibility index (Phi) is 15.0. The molecular weight excluding hydrogens is 486 g/mol. The Morgan fingerprint density at radius 2 is 1.61 bits per heavy atom. The summed E-state index contributed by atoms with van der Waals surface area (Å²) in [5, 5.41) is 13.1. The highest BCUT2D eigenvalue weighted by Gasteiger charge is 2.41. The lowest BCUT2D eigenvalue weighted by Crippen LogP contribution is -2.48. The van der Waals surface area contributed by atoms with Crippen molar-refractivity contribution in [1.29, 1.82) is 0 Å². The molecule has 1 aliphatic carbocycles. The van der Waals surface area contributed by atoms with Crippen molar-refractivity contribution in [3.8, 4) is 0 Å². The summed E-state index contributed by atoms with van der Waals surface area (Å²) in [4.78, 5) is 73.8. The third-order valence-corrected chi connectivity index (χ3v) is 7.10. The third-order valence-electron chi connectivity index (χ3n) is 5.78. The molecular formula is C24H41N5O6S. The van der Waals surface area contributed by atoms with Crippen molar-refractivity contribution in [2.75, 3.05) is 32.4 Å². The van der Waals surface area contributed by atoms with Crippen LogP contribution in [0.3, 0.4) is 0 Å². The van der Waals surface area contributed by atoms with Crippen molar-refractivity contribution in [1.82, 2.24) is 26.6 Å². The summed E-state index contributed by atoms with van der Waals surface area (Å²) in [5.41, 5.74) is 0. The van der Waals surface area contributed by atoms with Gasteiger partial charge in [0, 0.05) is 38.6 Å². The Morgan fingerprint density at radius 1 is 0.972 bits per heavy atom. The molecule has 0 bridgehead atoms. The van der Waals surface area contributed by atoms with E-state index in [1.807, 2.05) is 7.05 Å². The Balaban J connectivity index is 2.63. The van der Waals surface area contributed by atoms with Crippen LogP contribution in [0, 0.1) is 5.92 Å². The number of rotatable bonds is 17. The first-order chi connectivity index (χ1) is 17.1. The summed E-state index contributed by atoms with van der Waals surface area (Å²) in [6.07, 6.45) is 2.20. The molecule has 0 aromatic heterocycles. The van der Waals surface area contributed by atoms with Crippen LogP contribution in [-0.2, 0) is 28.8 Å². The molecule has 1 rings (SSSR count). The largest absolute Gasteiger partial charge is 0.355 e. The van der Waals surface area contributed by atoms with Gasteiger partial charge in [0.1, 0.15) is 17.9 Å². The van der Waals surface area contributed by atoms with E-state index in [0.29, 0.717) is 19.5 Å². The maximum atomic E-state index is 12.8. The van der Waals surface area contributed by atoms with Gasteiger partial charge in [-0.05, 0) is 53.1 Å². The second kappa shape index (κ2) is 17.1. The highest BCUT2D eigenvalue weighted by Crippen LogP contribution is 2.31. The zero-order valence-electron chi connectivity index (χ0n) is 21.7. The van der Waals surface area contributed by atoms with Crippen LogP contribution in [0.1, 0.15) is 59.3 Å². The number of unbranched alkanes of at least 4 members (excludes halogenated alkanes) is 1. The number of likely N-dealkylation sites (N-methyl/N-ethyl adjacent to an activating group) is 2. The van der Waals surface area contributed by atoms with Crippen molar-refractivity contribution in [2.45, 2.75) is 76.6 Å². The molecule has 0 aliphatic heterocycles. The van der Waals surface area contributed by atoms with Gasteiger partial charge < -0.3 is 26.6 Å². The van der Waals surface area contributed by atoms with E-state index in [-0.39, 0.29) is 60.2 Å². The lowest BCUT2D eigenvalue weighted by atomic mass is 9.99. The van der Waals surface area contributed by atoms with Crippen LogP contribution in [0.2, 0.25) is 0 Å². The lowest BCUT2D eigenvalue weighted by molar-refractivity contribution is -0.130. The van der Waals surface area contributed by atoms with Gasteiger partial charge in [-0.15, -0.1) is 11.8 Å². The van der Waals surface area contributed by atoms with Gasteiger partial charge in [-0.2, -0.15) is 0 Å². The number of Topliss-reactive ketones (excluding diaryl/α,β-unsaturated/α-hetero) is 2. The molecule has 36 heavy (non-hydrogen) atoms. The number of hydrogen-bond donors (Lipinski definition) is 5. The van der Waals surface area contributed by atoms with Crippen molar-refractivity contribution in [3.05, 3.63) is 0 Å². The zero-order valence-corrected chi connectivity index (χ0v) is 22.6. The van der Waals surface area contributed by atoms with Crippen molar-refractivity contribution >= 4 is 47.0 Å². The van der Waals surface area contributed by atoms with Gasteiger partial charge in [0.2, 0.25) is 23.6 Å². The second-order valence-corrected chi connectivity index (χ2v) is 9.98. The molecule has 5 N–H and O–H groups in total. The molecule has 4 atom stereocenters. The van der Waals surface area contributed by atoms with E-state index in [2.05, 4.69) is 26.6 Å². The van der Waals surface area contributed by atoms with Gasteiger partial charge in [0.15, 0.2) is 5.78 Å². The fourth-order valence-electron chi connectivity index (χ4n) is 3.95. The molecule has 0 spiro atoms. The highest BCUT2D eigenvalue weighted by atomic mass is 32.2. The maximum Gasteiger partial charge on any atom is 0.243 e. The fraction of sp³-hybridized carbons (Fsp3) is 0.750. The smallest absolute Gasteiger partial charge is 0.243 e. The van der Waals surface area contributed by atoms with E-state index in [1.165, 1.54) is 18.7 Å². The van der Waals surface area contributed by atoms with Crippen LogP contribution in [0.5, 0.6) is 0 Å². The molecule has 0 radical (unpaired) electrons. The second-order valence-electron chi connectivity index (χ2n) is 8.75. The molecule has 0 heterocycles. The summed E-state index contributed by atoms with van der Waals surface area (Å²) < 4.78 is 0. The van der Waals surface area contributed by atoms with E-state index in [0.717, 1.165) is 19.4 Å². The van der Waals surface area contributed by atoms with Gasteiger partial charge in [0.25, 0.3) is 0 Å². The summed E-state index contributed by atoms with van der Waals surface area (Å²) in [7, 11) is 1.85. The first-order valence-corrected chi connectivity index (χ1v) is 13.6. The molecule has 1 aliphatic rings. The predicted molar refractivity (Wildman–Crippen MR) is 138 cm³/mol. The zero-order chi connectivity index (χ0) is 27.1. The van der Waals surface area contributed by atoms with Crippen molar-refractivity contribution in [3.63, 3.8) is 0 Å². The number of carbonyl (C=O) groups is 6. The summed E-state index contributed by atoms with van der Waals surface area (Å²) in [6.45, 7) is 6.55. The third kappa shape index (κ3) is 11.1. The number of nitrogens with one attached hydrogen (secondary N) is 5. The Bertz CT molecular complexity index is 793. The lowest BCUT2D eigenvalue weighted by Gasteiger charge is -2.19. The van der Waals surface area contributed by atoms with Crippen LogP contribution in [-0.4, -0.2) is 85.0 Å². The van der Waals surface area contributed by atoms with Crippen LogP contribution < -0.4 is 26.6 Å². The van der Waals surface area contributed by atoms with Crippen LogP contribution in [0.15, 0.2) is 0 Å². The molecule has 204 valence electrons. The average molecular weight is 528 g/mol. The number of carbonyl (C=O) groups excluding carboxylic acids is 6. The number of hydrogen-bond acceptors (Lipinski definition) is 8. The number of thioether (sulfide) groups is 1. The SMILES string of the molecule is CCNC(=O)C(CSC1CC(=O)C(CCC(=O)NC(CCCCNC)C(=O)NCC)C1=O)NC(C)=O. The molecule has 11 nitrogen and oxygen atoms in total. The van der Waals surface area contributed by atoms with E-state index >= 15 is 0 Å². The minimum atomic E-state index is -0.879. The minimum Gasteiger partial charge on any atom is -0.355 e. The quantitative estimate of drug-likeness (QED) is 0.127. The van der Waals surface area contributed by atoms with Crippen LogP contribution >= 0.6 is 11.8 Å². The first-order valence-electron chi connectivity index (χ1n) is 12.6. The predicted octanol–water partition coefficient (Wildman–Crippen LogP) is -0.322. The minimum absolute atomic E-state index is 0.0327. The van der Waals surface area contributed by atoms with E-state index in [4.69, 9.17) is 0 Å². The Hall–Kier alpha value is -2.47. The van der Waals surface area contributed by atoms with E-state index < -0.39 is 23.3 Å². The van der Waals surface area contributed by atoms with Crippen LogP contribution in [0.25, 0.3) is 0 Å². The molecule has 4 amide bonds. The molecule has 1 fully saturated rings. The number of ketones is 2. The van der Waals surface area contributed by atoms with Gasteiger partial charge in [-0.25, -0.2) is 0 Å². The molecule has 12 heteroatoms. The van der Waals surface area contributed by atoms with Gasteiger partial charge in [0.05, 0.1) is 11.2 Å². The monoisotopic (exact) mass is 527 g/mol. The van der Waals surface area contributed by atoms with Crippen molar-refractivity contribution in [2.24, 2.45) is 5.92 Å². The van der Waals surface area contributed by atoms with Gasteiger partial charge in [-0.1, -0.05) is 0 Å². The summed E-state index contributed by atoms with van der Waals surface area (Å²) >= 11 is 1.17.